The Morgan fingerprint density at radius 3 is 2.38 bits per heavy atom. The van der Waals surface area contributed by atoms with Gasteiger partial charge in [-0.05, 0) is 45.5 Å². The highest BCUT2D eigenvalue weighted by atomic mass is 16.2. The Morgan fingerprint density at radius 2 is 1.65 bits per heavy atom. The molecule has 0 saturated heterocycles. The van der Waals surface area contributed by atoms with Crippen molar-refractivity contribution in [3.05, 3.63) is 112 Å². The van der Waals surface area contributed by atoms with E-state index in [1.807, 2.05) is 48.5 Å². The normalized spacial score (nSPS) is 11.4. The van der Waals surface area contributed by atoms with Gasteiger partial charge in [0.05, 0.1) is 6.54 Å². The SMILES string of the molecule is CCCCc1nn(/C=C/Cc2ccccc2)c(=O)n1Cc1ccc(-c2ccccc2-c2nnn[nH]2)cc1. The summed E-state index contributed by atoms with van der Waals surface area (Å²) in [7, 11) is 0. The number of benzene rings is 3. The number of H-pyrrole nitrogens is 1. The molecule has 8 heteroatoms. The van der Waals surface area contributed by atoms with Gasteiger partial charge in [0.1, 0.15) is 5.82 Å². The van der Waals surface area contributed by atoms with Gasteiger partial charge in [-0.25, -0.2) is 9.89 Å². The number of allylic oxidation sites excluding steroid dienone is 1. The van der Waals surface area contributed by atoms with Gasteiger partial charge in [0.25, 0.3) is 0 Å². The third-order valence-electron chi connectivity index (χ3n) is 6.29. The molecule has 0 unspecified atom stereocenters. The van der Waals surface area contributed by atoms with Crippen molar-refractivity contribution in [3.8, 4) is 22.5 Å². The molecule has 0 aliphatic carbocycles. The molecule has 0 amide bonds. The van der Waals surface area contributed by atoms with Crippen LogP contribution in [0.5, 0.6) is 0 Å². The van der Waals surface area contributed by atoms with Gasteiger partial charge in [0.15, 0.2) is 5.82 Å². The Morgan fingerprint density at radius 1 is 0.892 bits per heavy atom. The Bertz CT molecular complexity index is 1520. The molecule has 3 aromatic carbocycles. The van der Waals surface area contributed by atoms with E-state index < -0.39 is 0 Å². The zero-order chi connectivity index (χ0) is 25.5. The first-order chi connectivity index (χ1) is 18.2. The number of nitrogens with zero attached hydrogens (tertiary/aromatic N) is 6. The summed E-state index contributed by atoms with van der Waals surface area (Å²) in [6.45, 7) is 2.61. The van der Waals surface area contributed by atoms with Crippen LogP contribution in [0.25, 0.3) is 28.7 Å². The Balaban J connectivity index is 1.38. The van der Waals surface area contributed by atoms with Crippen molar-refractivity contribution >= 4 is 6.20 Å². The van der Waals surface area contributed by atoms with Crippen LogP contribution < -0.4 is 5.69 Å². The topological polar surface area (TPSA) is 94.3 Å². The molecule has 0 aliphatic heterocycles. The molecule has 2 aromatic heterocycles. The highest BCUT2D eigenvalue weighted by molar-refractivity contribution is 5.80. The molecule has 1 N–H and O–H groups in total. The number of aromatic amines is 1. The summed E-state index contributed by atoms with van der Waals surface area (Å²) in [4.78, 5) is 13.3. The lowest BCUT2D eigenvalue weighted by molar-refractivity contribution is 0.666. The lowest BCUT2D eigenvalue weighted by Gasteiger charge is -2.09. The fourth-order valence-corrected chi connectivity index (χ4v) is 4.32. The molecule has 0 spiro atoms. The Hall–Kier alpha value is -4.59. The Kier molecular flexibility index (Phi) is 7.45. The van der Waals surface area contributed by atoms with Crippen molar-refractivity contribution in [3.63, 3.8) is 0 Å². The maximum absolute atomic E-state index is 13.3. The van der Waals surface area contributed by atoms with E-state index in [1.54, 1.807) is 10.8 Å². The van der Waals surface area contributed by atoms with Gasteiger partial charge in [-0.15, -0.1) is 5.10 Å². The van der Waals surface area contributed by atoms with E-state index in [9.17, 15) is 4.79 Å². The van der Waals surface area contributed by atoms with Crippen LogP contribution in [0.15, 0.2) is 89.7 Å². The van der Waals surface area contributed by atoms with E-state index >= 15 is 0 Å². The smallest absolute Gasteiger partial charge is 0.274 e. The van der Waals surface area contributed by atoms with Crippen LogP contribution in [0.3, 0.4) is 0 Å². The monoisotopic (exact) mass is 491 g/mol. The van der Waals surface area contributed by atoms with E-state index in [2.05, 4.69) is 69.0 Å². The fraction of sp³-hybridized carbons (Fsp3) is 0.207. The summed E-state index contributed by atoms with van der Waals surface area (Å²) in [6, 6.07) is 26.4. The average molecular weight is 492 g/mol. The average Bonchev–Trinajstić information content (AvgIpc) is 3.58. The van der Waals surface area contributed by atoms with Crippen LogP contribution in [0.2, 0.25) is 0 Å². The first-order valence-corrected chi connectivity index (χ1v) is 12.5. The summed E-state index contributed by atoms with van der Waals surface area (Å²) in [5, 5.41) is 18.9. The number of hydrogen-bond donors (Lipinski definition) is 1. The van der Waals surface area contributed by atoms with Gasteiger partial charge < -0.3 is 0 Å². The van der Waals surface area contributed by atoms with Crippen LogP contribution in [-0.2, 0) is 19.4 Å². The highest BCUT2D eigenvalue weighted by Crippen LogP contribution is 2.29. The number of unbranched alkanes of at least 4 members (excludes halogenated alkanes) is 1. The quantitative estimate of drug-likeness (QED) is 0.297. The van der Waals surface area contributed by atoms with Crippen molar-refractivity contribution in [2.24, 2.45) is 0 Å². The first-order valence-electron chi connectivity index (χ1n) is 12.5. The second-order valence-corrected chi connectivity index (χ2v) is 8.90. The molecule has 8 nitrogen and oxygen atoms in total. The minimum atomic E-state index is -0.123. The van der Waals surface area contributed by atoms with Gasteiger partial charge in [-0.1, -0.05) is 98.3 Å². The number of aryl methyl sites for hydroxylation is 1. The minimum absolute atomic E-state index is 0.123. The summed E-state index contributed by atoms with van der Waals surface area (Å²) in [5.41, 5.74) is 5.12. The molecule has 186 valence electrons. The summed E-state index contributed by atoms with van der Waals surface area (Å²) < 4.78 is 3.25. The zero-order valence-electron chi connectivity index (χ0n) is 20.8. The fourth-order valence-electron chi connectivity index (χ4n) is 4.32. The number of tetrazole rings is 1. The molecular weight excluding hydrogens is 462 g/mol. The number of nitrogens with one attached hydrogen (secondary N) is 1. The maximum Gasteiger partial charge on any atom is 0.350 e. The predicted molar refractivity (Wildman–Crippen MR) is 145 cm³/mol. The van der Waals surface area contributed by atoms with Gasteiger partial charge in [0.2, 0.25) is 0 Å². The van der Waals surface area contributed by atoms with Crippen molar-refractivity contribution in [2.75, 3.05) is 0 Å². The van der Waals surface area contributed by atoms with E-state index in [1.165, 1.54) is 10.2 Å². The van der Waals surface area contributed by atoms with Crippen LogP contribution in [-0.4, -0.2) is 35.0 Å². The molecule has 2 heterocycles. The second kappa shape index (κ2) is 11.4. The standard InChI is InChI=1S/C29H29N7O/c1-2-3-15-27-32-36(20-9-12-22-10-5-4-6-11-22)29(37)35(27)21-23-16-18-24(19-17-23)25-13-7-8-14-26(25)28-30-33-34-31-28/h4-11,13-14,16-20H,2-3,12,15,21H2,1H3,(H,30,31,33,34)/b20-9+. The first kappa shape index (κ1) is 24.1. The van der Waals surface area contributed by atoms with Crippen LogP contribution in [0, 0.1) is 0 Å². The van der Waals surface area contributed by atoms with E-state index in [0.29, 0.717) is 12.4 Å². The van der Waals surface area contributed by atoms with Crippen LogP contribution >= 0.6 is 0 Å². The highest BCUT2D eigenvalue weighted by Gasteiger charge is 2.14. The Labute approximate surface area is 215 Å². The van der Waals surface area contributed by atoms with Crippen molar-refractivity contribution in [1.82, 2.24) is 35.0 Å². The predicted octanol–water partition coefficient (Wildman–Crippen LogP) is 5.00. The summed E-state index contributed by atoms with van der Waals surface area (Å²) in [6.07, 6.45) is 7.29. The van der Waals surface area contributed by atoms with Gasteiger partial charge in [-0.2, -0.15) is 9.78 Å². The zero-order valence-corrected chi connectivity index (χ0v) is 20.8. The molecule has 0 bridgehead atoms. The van der Waals surface area contributed by atoms with Crippen molar-refractivity contribution in [2.45, 2.75) is 39.2 Å². The lowest BCUT2D eigenvalue weighted by Crippen LogP contribution is -2.23. The molecule has 5 aromatic rings. The number of rotatable bonds is 10. The molecule has 5 rings (SSSR count). The van der Waals surface area contributed by atoms with Crippen molar-refractivity contribution < 1.29 is 0 Å². The number of hydrogen-bond acceptors (Lipinski definition) is 5. The molecular formula is C29H29N7O. The van der Waals surface area contributed by atoms with Gasteiger partial charge >= 0.3 is 5.69 Å². The lowest BCUT2D eigenvalue weighted by atomic mass is 9.98. The molecule has 0 radical (unpaired) electrons. The van der Waals surface area contributed by atoms with Crippen LogP contribution in [0.4, 0.5) is 0 Å². The summed E-state index contributed by atoms with van der Waals surface area (Å²) >= 11 is 0. The second-order valence-electron chi connectivity index (χ2n) is 8.90. The largest absolute Gasteiger partial charge is 0.350 e. The van der Waals surface area contributed by atoms with Gasteiger partial charge in [-0.3, -0.25) is 4.57 Å². The number of aromatic nitrogens is 7. The third kappa shape index (κ3) is 5.64. The van der Waals surface area contributed by atoms with Gasteiger partial charge in [0, 0.05) is 18.2 Å². The summed E-state index contributed by atoms with van der Waals surface area (Å²) in [5.74, 6) is 1.43. The maximum atomic E-state index is 13.3. The minimum Gasteiger partial charge on any atom is -0.274 e. The van der Waals surface area contributed by atoms with Crippen molar-refractivity contribution in [1.29, 1.82) is 0 Å². The van der Waals surface area contributed by atoms with E-state index in [0.717, 1.165) is 53.8 Å². The van der Waals surface area contributed by atoms with E-state index in [4.69, 9.17) is 0 Å². The van der Waals surface area contributed by atoms with E-state index in [-0.39, 0.29) is 5.69 Å². The third-order valence-corrected chi connectivity index (χ3v) is 6.29. The molecule has 0 fully saturated rings. The molecule has 0 atom stereocenters. The molecule has 37 heavy (non-hydrogen) atoms. The van der Waals surface area contributed by atoms with Crippen LogP contribution in [0.1, 0.15) is 36.7 Å². The molecule has 0 aliphatic rings. The molecule has 0 saturated carbocycles.